The number of carbonyl (C=O) groups is 1. The Balaban J connectivity index is 1.99. The van der Waals surface area contributed by atoms with Crippen LogP contribution in [0.2, 0.25) is 0 Å². The summed E-state index contributed by atoms with van der Waals surface area (Å²) in [5.41, 5.74) is 6.12. The van der Waals surface area contributed by atoms with Crippen LogP contribution in [0.15, 0.2) is 24.3 Å². The third-order valence-corrected chi connectivity index (χ3v) is 3.42. The van der Waals surface area contributed by atoms with Gasteiger partial charge in [-0.2, -0.15) is 0 Å². The maximum absolute atomic E-state index is 12.8. The zero-order valence-corrected chi connectivity index (χ0v) is 9.87. The van der Waals surface area contributed by atoms with Crippen molar-refractivity contribution < 1.29 is 9.18 Å². The molecule has 1 fully saturated rings. The fourth-order valence-corrected chi connectivity index (χ4v) is 1.96. The lowest BCUT2D eigenvalue weighted by Gasteiger charge is -2.37. The third-order valence-electron chi connectivity index (χ3n) is 3.42. The van der Waals surface area contributed by atoms with Crippen LogP contribution in [0.5, 0.6) is 0 Å². The summed E-state index contributed by atoms with van der Waals surface area (Å²) in [5, 5.41) is 2.87. The van der Waals surface area contributed by atoms with Crippen molar-refractivity contribution in [3.63, 3.8) is 0 Å². The molecule has 0 saturated heterocycles. The van der Waals surface area contributed by atoms with Gasteiger partial charge in [0.2, 0.25) is 5.91 Å². The summed E-state index contributed by atoms with van der Waals surface area (Å²) in [6.07, 6.45) is 2.50. The summed E-state index contributed by atoms with van der Waals surface area (Å²) in [6.45, 7) is 1.87. The molecule has 92 valence electrons. The second kappa shape index (κ2) is 4.45. The molecule has 1 aromatic rings. The number of hydrogen-bond acceptors (Lipinski definition) is 2. The van der Waals surface area contributed by atoms with Crippen LogP contribution >= 0.6 is 0 Å². The van der Waals surface area contributed by atoms with Crippen molar-refractivity contribution in [3.8, 4) is 0 Å². The Hall–Kier alpha value is -1.42. The monoisotopic (exact) mass is 236 g/mol. The van der Waals surface area contributed by atoms with Gasteiger partial charge in [0.25, 0.3) is 0 Å². The molecule has 4 heteroatoms. The lowest BCUT2D eigenvalue weighted by atomic mass is 9.77. The molecule has 0 aliphatic heterocycles. The Kier molecular flexibility index (Phi) is 3.15. The minimum atomic E-state index is -0.686. The van der Waals surface area contributed by atoms with E-state index in [2.05, 4.69) is 5.32 Å². The quantitative estimate of drug-likeness (QED) is 0.842. The van der Waals surface area contributed by atoms with Crippen LogP contribution < -0.4 is 11.1 Å². The van der Waals surface area contributed by atoms with Gasteiger partial charge >= 0.3 is 0 Å². The predicted molar refractivity (Wildman–Crippen MR) is 63.7 cm³/mol. The Labute approximate surface area is 100 Å². The number of nitrogens with two attached hydrogens (primary N) is 1. The highest BCUT2D eigenvalue weighted by molar-refractivity contribution is 5.87. The van der Waals surface area contributed by atoms with Crippen LogP contribution in [0, 0.1) is 5.82 Å². The summed E-state index contributed by atoms with van der Waals surface area (Å²) in [6, 6.07) is 5.97. The van der Waals surface area contributed by atoms with Crippen LogP contribution in [0.1, 0.15) is 37.8 Å². The van der Waals surface area contributed by atoms with E-state index in [0.717, 1.165) is 24.8 Å². The highest BCUT2D eigenvalue weighted by Gasteiger charge is 2.40. The number of amides is 1. The third kappa shape index (κ3) is 2.47. The smallest absolute Gasteiger partial charge is 0.240 e. The average Bonchev–Trinajstić information content (AvgIpc) is 2.26. The first-order chi connectivity index (χ1) is 8.01. The molecule has 2 rings (SSSR count). The fourth-order valence-electron chi connectivity index (χ4n) is 1.96. The van der Waals surface area contributed by atoms with Crippen molar-refractivity contribution >= 4 is 5.91 Å². The second-order valence-electron chi connectivity index (χ2n) is 4.76. The number of carbonyl (C=O) groups excluding carboxylic acids is 1. The van der Waals surface area contributed by atoms with Gasteiger partial charge < -0.3 is 11.1 Å². The van der Waals surface area contributed by atoms with Crippen LogP contribution in [0.3, 0.4) is 0 Å². The van der Waals surface area contributed by atoms with Gasteiger partial charge in [-0.05, 0) is 43.9 Å². The van der Waals surface area contributed by atoms with Crippen molar-refractivity contribution in [1.29, 1.82) is 0 Å². The van der Waals surface area contributed by atoms with Crippen LogP contribution in [0.4, 0.5) is 4.39 Å². The zero-order chi connectivity index (χ0) is 12.5. The zero-order valence-electron chi connectivity index (χ0n) is 9.87. The maximum Gasteiger partial charge on any atom is 0.240 e. The lowest BCUT2D eigenvalue weighted by Crippen LogP contribution is -2.58. The number of nitrogens with one attached hydrogen (secondary N) is 1. The molecule has 0 unspecified atom stereocenters. The standard InChI is InChI=1S/C13H17FN2O/c1-9(10-3-5-11(14)6-4-10)16-12(17)13(15)7-2-8-13/h3-6,9H,2,7-8,15H2,1H3,(H,16,17)/t9-/m0/s1. The molecule has 3 N–H and O–H groups in total. The molecule has 1 aromatic carbocycles. The maximum atomic E-state index is 12.8. The summed E-state index contributed by atoms with van der Waals surface area (Å²) in [4.78, 5) is 11.9. The molecule has 0 radical (unpaired) electrons. The van der Waals surface area contributed by atoms with E-state index < -0.39 is 5.54 Å². The van der Waals surface area contributed by atoms with E-state index in [1.807, 2.05) is 6.92 Å². The van der Waals surface area contributed by atoms with E-state index >= 15 is 0 Å². The van der Waals surface area contributed by atoms with Crippen molar-refractivity contribution in [2.24, 2.45) is 5.73 Å². The Morgan fingerprint density at radius 2 is 2.00 bits per heavy atom. The van der Waals surface area contributed by atoms with Gasteiger partial charge in [0.05, 0.1) is 11.6 Å². The molecule has 3 nitrogen and oxygen atoms in total. The van der Waals surface area contributed by atoms with E-state index in [1.54, 1.807) is 12.1 Å². The highest BCUT2D eigenvalue weighted by atomic mass is 19.1. The molecule has 0 heterocycles. The number of rotatable bonds is 3. The number of halogens is 1. The molecular formula is C13H17FN2O. The number of benzene rings is 1. The molecule has 0 bridgehead atoms. The summed E-state index contributed by atoms with van der Waals surface area (Å²) < 4.78 is 12.8. The molecule has 17 heavy (non-hydrogen) atoms. The largest absolute Gasteiger partial charge is 0.348 e. The number of hydrogen-bond donors (Lipinski definition) is 2. The minimum Gasteiger partial charge on any atom is -0.348 e. The first-order valence-corrected chi connectivity index (χ1v) is 5.86. The van der Waals surface area contributed by atoms with Crippen molar-refractivity contribution in [2.45, 2.75) is 37.8 Å². The summed E-state index contributed by atoms with van der Waals surface area (Å²) in [5.74, 6) is -0.387. The van der Waals surface area contributed by atoms with E-state index in [1.165, 1.54) is 12.1 Å². The van der Waals surface area contributed by atoms with Crippen molar-refractivity contribution in [1.82, 2.24) is 5.32 Å². The second-order valence-corrected chi connectivity index (χ2v) is 4.76. The summed E-state index contributed by atoms with van der Waals surface area (Å²) in [7, 11) is 0. The Morgan fingerprint density at radius 1 is 1.41 bits per heavy atom. The normalized spacial score (nSPS) is 19.2. The molecule has 1 amide bonds. The van der Waals surface area contributed by atoms with Crippen molar-refractivity contribution in [2.75, 3.05) is 0 Å². The van der Waals surface area contributed by atoms with Gasteiger partial charge in [0.15, 0.2) is 0 Å². The van der Waals surface area contributed by atoms with Gasteiger partial charge in [-0.15, -0.1) is 0 Å². The van der Waals surface area contributed by atoms with Gasteiger partial charge in [0, 0.05) is 0 Å². The molecule has 1 aliphatic carbocycles. The van der Waals surface area contributed by atoms with Crippen molar-refractivity contribution in [3.05, 3.63) is 35.6 Å². The van der Waals surface area contributed by atoms with Gasteiger partial charge in [-0.3, -0.25) is 4.79 Å². The topological polar surface area (TPSA) is 55.1 Å². The van der Waals surface area contributed by atoms with Gasteiger partial charge in [0.1, 0.15) is 5.82 Å². The first-order valence-electron chi connectivity index (χ1n) is 5.86. The molecule has 0 aromatic heterocycles. The van der Waals surface area contributed by atoms with E-state index in [-0.39, 0.29) is 17.8 Å². The van der Waals surface area contributed by atoms with E-state index in [9.17, 15) is 9.18 Å². The molecule has 1 aliphatic rings. The van der Waals surface area contributed by atoms with Gasteiger partial charge in [-0.1, -0.05) is 12.1 Å². The van der Waals surface area contributed by atoms with Crippen LogP contribution in [0.25, 0.3) is 0 Å². The SMILES string of the molecule is C[C@H](NC(=O)C1(N)CCC1)c1ccc(F)cc1. The molecule has 1 atom stereocenters. The van der Waals surface area contributed by atoms with E-state index in [0.29, 0.717) is 0 Å². The minimum absolute atomic E-state index is 0.111. The summed E-state index contributed by atoms with van der Waals surface area (Å²) >= 11 is 0. The van der Waals surface area contributed by atoms with Crippen LogP contribution in [-0.2, 0) is 4.79 Å². The molecule has 1 saturated carbocycles. The lowest BCUT2D eigenvalue weighted by molar-refractivity contribution is -0.129. The fraction of sp³-hybridized carbons (Fsp3) is 0.462. The van der Waals surface area contributed by atoms with E-state index in [4.69, 9.17) is 5.73 Å². The van der Waals surface area contributed by atoms with Crippen LogP contribution in [-0.4, -0.2) is 11.4 Å². The molecule has 0 spiro atoms. The Morgan fingerprint density at radius 3 is 2.47 bits per heavy atom. The predicted octanol–water partition coefficient (Wildman–Crippen LogP) is 1.88. The molecular weight excluding hydrogens is 219 g/mol. The Bertz CT molecular complexity index is 412. The highest BCUT2D eigenvalue weighted by Crippen LogP contribution is 2.29. The average molecular weight is 236 g/mol. The van der Waals surface area contributed by atoms with Gasteiger partial charge in [-0.25, -0.2) is 4.39 Å². The first kappa shape index (κ1) is 12.0.